The third-order valence-electron chi connectivity index (χ3n) is 2.91. The first-order valence-corrected chi connectivity index (χ1v) is 12.3. The zero-order valence-corrected chi connectivity index (χ0v) is 14.6. The fourth-order valence-corrected chi connectivity index (χ4v) is 5.72. The molecule has 0 heterocycles. The molecule has 2 rings (SSSR count). The minimum absolute atomic E-state index is 1.04. The topological polar surface area (TPSA) is 12.4 Å². The lowest BCUT2D eigenvalue weighted by Crippen LogP contribution is -2.13. The van der Waals surface area contributed by atoms with E-state index < -0.39 is 7.22 Å². The quantitative estimate of drug-likeness (QED) is 0.468. The molecule has 0 aromatic heterocycles. The molecule has 2 aromatic carbocycles. The second-order valence-corrected chi connectivity index (χ2v) is 15.1. The number of hydrogen-bond acceptors (Lipinski definition) is 2. The van der Waals surface area contributed by atoms with E-state index in [-0.39, 0.29) is 0 Å². The van der Waals surface area contributed by atoms with E-state index in [1.807, 2.05) is 17.4 Å². The van der Waals surface area contributed by atoms with Crippen molar-refractivity contribution in [3.05, 3.63) is 36.4 Å². The fourth-order valence-electron chi connectivity index (χ4n) is 2.10. The Labute approximate surface area is 127 Å². The Morgan fingerprint density at radius 2 is 1.80 bits per heavy atom. The Balaban J connectivity index is 2.52. The van der Waals surface area contributed by atoms with Gasteiger partial charge in [-0.15, -0.1) is 0 Å². The van der Waals surface area contributed by atoms with Crippen LogP contribution < -0.4 is 0 Å². The first-order chi connectivity index (χ1) is 9.51. The highest BCUT2D eigenvalue weighted by Gasteiger charge is 2.17. The molecule has 1 nitrogen and oxygen atoms in total. The van der Waals surface area contributed by atoms with Crippen LogP contribution in [0.1, 0.15) is 19.8 Å². The molecule has 3 heteroatoms. The van der Waals surface area contributed by atoms with Gasteiger partial charge < -0.3 is 0 Å². The molecule has 106 valence electrons. The van der Waals surface area contributed by atoms with E-state index in [1.54, 1.807) is 0 Å². The average Bonchev–Trinajstić information content (AvgIpc) is 2.37. The van der Waals surface area contributed by atoms with Gasteiger partial charge in [0.1, 0.15) is 7.22 Å². The number of unbranched alkanes of at least 4 members (excludes halogenated alkanes) is 1. The van der Waals surface area contributed by atoms with E-state index in [1.165, 1.54) is 15.7 Å². The lowest BCUT2D eigenvalue weighted by atomic mass is 10.1. The summed E-state index contributed by atoms with van der Waals surface area (Å²) in [6.45, 7) is 9.35. The summed E-state index contributed by atoms with van der Waals surface area (Å²) >= 11 is 2.05. The molecule has 2 aromatic rings. The normalized spacial score (nSPS) is 12.4. The van der Waals surface area contributed by atoms with Gasteiger partial charge >= 0.3 is 0 Å². The van der Waals surface area contributed by atoms with Gasteiger partial charge in [0.05, 0.1) is 5.69 Å². The summed E-state index contributed by atoms with van der Waals surface area (Å²) in [6, 6.07) is 13.0. The van der Waals surface area contributed by atoms with Crippen molar-refractivity contribution in [2.75, 3.05) is 0 Å². The van der Waals surface area contributed by atoms with Crippen molar-refractivity contribution in [2.24, 2.45) is 4.99 Å². The summed E-state index contributed by atoms with van der Waals surface area (Å²) in [5.41, 5.74) is 1.11. The first kappa shape index (κ1) is 15.3. The second kappa shape index (κ2) is 6.59. The Kier molecular flexibility index (Phi) is 5.05. The summed E-state index contributed by atoms with van der Waals surface area (Å²) in [4.78, 5) is 6.07. The number of rotatable bonds is 5. The molecule has 0 aliphatic rings. The van der Waals surface area contributed by atoms with Crippen LogP contribution >= 0.6 is 11.2 Å². The van der Waals surface area contributed by atoms with Gasteiger partial charge in [0.2, 0.25) is 0 Å². The highest BCUT2D eigenvalue weighted by molar-refractivity contribution is 8.28. The SMILES string of the molecule is CCC/C=N/c1cccc2cccc(S[Si](C)(C)C)c12. The Hall–Kier alpha value is -1.06. The van der Waals surface area contributed by atoms with Crippen LogP contribution in [0.4, 0.5) is 5.69 Å². The maximum absolute atomic E-state index is 4.69. The van der Waals surface area contributed by atoms with Gasteiger partial charge in [0.15, 0.2) is 0 Å². The minimum Gasteiger partial charge on any atom is -0.261 e. The number of fused-ring (bicyclic) bond motifs is 1. The summed E-state index contributed by atoms with van der Waals surface area (Å²) in [5.74, 6) is 0. The van der Waals surface area contributed by atoms with Crippen molar-refractivity contribution in [1.29, 1.82) is 0 Å². The second-order valence-electron chi connectivity index (χ2n) is 5.95. The number of hydrogen-bond donors (Lipinski definition) is 0. The lowest BCUT2D eigenvalue weighted by molar-refractivity contribution is 1.01. The predicted molar refractivity (Wildman–Crippen MR) is 96.2 cm³/mol. The molecule has 0 amide bonds. The number of nitrogens with zero attached hydrogens (tertiary/aromatic N) is 1. The molecule has 0 aliphatic carbocycles. The van der Waals surface area contributed by atoms with E-state index in [0.29, 0.717) is 0 Å². The van der Waals surface area contributed by atoms with Crippen molar-refractivity contribution in [3.8, 4) is 0 Å². The van der Waals surface area contributed by atoms with Gasteiger partial charge in [0, 0.05) is 16.5 Å². The van der Waals surface area contributed by atoms with Gasteiger partial charge in [-0.1, -0.05) is 57.3 Å². The van der Waals surface area contributed by atoms with Crippen molar-refractivity contribution in [1.82, 2.24) is 0 Å². The van der Waals surface area contributed by atoms with Gasteiger partial charge in [-0.2, -0.15) is 11.2 Å². The molecule has 0 bridgehead atoms. The summed E-state index contributed by atoms with van der Waals surface area (Å²) < 4.78 is 0. The molecule has 20 heavy (non-hydrogen) atoms. The first-order valence-electron chi connectivity index (χ1n) is 7.24. The van der Waals surface area contributed by atoms with E-state index in [0.717, 1.165) is 18.5 Å². The van der Waals surface area contributed by atoms with Crippen LogP contribution in [0.3, 0.4) is 0 Å². The van der Waals surface area contributed by atoms with Crippen LogP contribution in [0.15, 0.2) is 46.3 Å². The highest BCUT2D eigenvalue weighted by Crippen LogP contribution is 2.38. The molecule has 0 saturated carbocycles. The molecule has 0 aliphatic heterocycles. The van der Waals surface area contributed by atoms with E-state index in [9.17, 15) is 0 Å². The average molecular weight is 302 g/mol. The predicted octanol–water partition coefficient (Wildman–Crippen LogP) is 6.27. The molecule has 0 unspecified atom stereocenters. The van der Waals surface area contributed by atoms with Gasteiger partial charge in [-0.05, 0) is 23.9 Å². The van der Waals surface area contributed by atoms with Crippen molar-refractivity contribution in [2.45, 2.75) is 44.3 Å². The third-order valence-corrected chi connectivity index (χ3v) is 6.58. The van der Waals surface area contributed by atoms with E-state index in [4.69, 9.17) is 4.99 Å². The fraction of sp³-hybridized carbons (Fsp3) is 0.353. The van der Waals surface area contributed by atoms with Gasteiger partial charge in [0.25, 0.3) is 0 Å². The van der Waals surface area contributed by atoms with Gasteiger partial charge in [-0.25, -0.2) is 0 Å². The van der Waals surface area contributed by atoms with Crippen molar-refractivity contribution < 1.29 is 0 Å². The lowest BCUT2D eigenvalue weighted by Gasteiger charge is -2.17. The molecule has 0 spiro atoms. The van der Waals surface area contributed by atoms with Crippen molar-refractivity contribution >= 4 is 41.1 Å². The third kappa shape index (κ3) is 3.97. The zero-order valence-electron chi connectivity index (χ0n) is 12.8. The molecular formula is C17H23NSSi. The molecular weight excluding hydrogens is 278 g/mol. The van der Waals surface area contributed by atoms with Crippen LogP contribution in [0.2, 0.25) is 19.6 Å². The monoisotopic (exact) mass is 301 g/mol. The highest BCUT2D eigenvalue weighted by atomic mass is 32.4. The van der Waals surface area contributed by atoms with Crippen LogP contribution in [0.5, 0.6) is 0 Å². The maximum atomic E-state index is 4.69. The zero-order chi connectivity index (χ0) is 14.6. The molecule has 0 fully saturated rings. The largest absolute Gasteiger partial charge is 0.261 e. The van der Waals surface area contributed by atoms with Crippen LogP contribution in [-0.2, 0) is 0 Å². The molecule has 0 saturated heterocycles. The van der Waals surface area contributed by atoms with E-state index in [2.05, 4.69) is 63.0 Å². The Morgan fingerprint density at radius 1 is 1.10 bits per heavy atom. The Morgan fingerprint density at radius 3 is 2.45 bits per heavy atom. The summed E-state index contributed by atoms with van der Waals surface area (Å²) in [5, 5.41) is 2.61. The van der Waals surface area contributed by atoms with Gasteiger partial charge in [-0.3, -0.25) is 4.99 Å². The van der Waals surface area contributed by atoms with Crippen LogP contribution in [-0.4, -0.2) is 13.4 Å². The molecule has 0 radical (unpaired) electrons. The minimum atomic E-state index is -1.21. The number of benzene rings is 2. The Bertz CT molecular complexity index is 609. The molecule has 0 N–H and O–H groups in total. The summed E-state index contributed by atoms with van der Waals surface area (Å²) in [6.07, 6.45) is 4.23. The number of aliphatic imine (C=N–C) groups is 1. The maximum Gasteiger partial charge on any atom is 0.114 e. The summed E-state index contributed by atoms with van der Waals surface area (Å²) in [7, 11) is -1.21. The van der Waals surface area contributed by atoms with Crippen LogP contribution in [0.25, 0.3) is 10.8 Å². The molecule has 0 atom stereocenters. The standard InChI is InChI=1S/C17H23NSSi/c1-5-6-13-18-15-11-7-9-14-10-8-12-16(17(14)15)19-20(2,3)4/h7-13H,5-6H2,1-4H3/b18-13+. The van der Waals surface area contributed by atoms with E-state index >= 15 is 0 Å². The smallest absolute Gasteiger partial charge is 0.114 e. The van der Waals surface area contributed by atoms with Crippen molar-refractivity contribution in [3.63, 3.8) is 0 Å². The van der Waals surface area contributed by atoms with Crippen LogP contribution in [0, 0.1) is 0 Å².